The minimum Gasteiger partial charge on any atom is -0.398 e. The normalized spacial score (nSPS) is 8.18. The molecule has 17 heavy (non-hydrogen) atoms. The lowest BCUT2D eigenvalue weighted by molar-refractivity contribution is 0.0795. The minimum atomic E-state index is -0.517. The first kappa shape index (κ1) is 17.8. The van der Waals surface area contributed by atoms with Gasteiger partial charge in [0.2, 0.25) is 0 Å². The van der Waals surface area contributed by atoms with Gasteiger partial charge in [-0.3, -0.25) is 9.80 Å². The number of benzene rings is 1. The number of nitrogens with zero attached hydrogens (tertiary/aromatic N) is 1. The van der Waals surface area contributed by atoms with E-state index in [1.165, 1.54) is 19.2 Å². The molecule has 98 valence electrons. The summed E-state index contributed by atoms with van der Waals surface area (Å²) in [4.78, 5) is 11.3. The summed E-state index contributed by atoms with van der Waals surface area (Å²) in [5, 5.41) is 0.852. The lowest BCUT2D eigenvalue weighted by Gasteiger charge is -2.11. The molecular formula is C12H22FN3O. The third-order valence-corrected chi connectivity index (χ3v) is 1.57. The Morgan fingerprint density at radius 2 is 1.71 bits per heavy atom. The van der Waals surface area contributed by atoms with Gasteiger partial charge in [0.1, 0.15) is 5.82 Å². The highest BCUT2D eigenvalue weighted by atomic mass is 19.1. The maximum absolute atomic E-state index is 12.7. The van der Waals surface area contributed by atoms with Crippen molar-refractivity contribution in [2.24, 2.45) is 5.84 Å². The molecule has 4 nitrogen and oxygen atoms in total. The van der Waals surface area contributed by atoms with Crippen LogP contribution >= 0.6 is 0 Å². The van der Waals surface area contributed by atoms with Crippen LogP contribution in [0.3, 0.4) is 0 Å². The Morgan fingerprint density at radius 3 is 2.12 bits per heavy atom. The zero-order valence-electron chi connectivity index (χ0n) is 11.1. The summed E-state index contributed by atoms with van der Waals surface area (Å²) in [6.07, 6.45) is 0. The van der Waals surface area contributed by atoms with Crippen LogP contribution in [0.1, 0.15) is 38.1 Å². The SMILES string of the molecule is CC.CC.CN(N)C(=O)c1cc(F)ccc1N. The van der Waals surface area contributed by atoms with Crippen molar-refractivity contribution in [1.82, 2.24) is 5.01 Å². The fourth-order valence-corrected chi connectivity index (χ4v) is 0.904. The summed E-state index contributed by atoms with van der Waals surface area (Å²) in [7, 11) is 1.37. The quantitative estimate of drug-likeness (QED) is 0.344. The molecule has 0 spiro atoms. The van der Waals surface area contributed by atoms with Gasteiger partial charge < -0.3 is 5.73 Å². The number of amides is 1. The van der Waals surface area contributed by atoms with Gasteiger partial charge in [0, 0.05) is 12.7 Å². The van der Waals surface area contributed by atoms with Gasteiger partial charge in [0.05, 0.1) is 5.56 Å². The van der Waals surface area contributed by atoms with Crippen molar-refractivity contribution in [3.8, 4) is 0 Å². The highest BCUT2D eigenvalue weighted by Crippen LogP contribution is 2.13. The van der Waals surface area contributed by atoms with Crippen molar-refractivity contribution in [2.75, 3.05) is 12.8 Å². The topological polar surface area (TPSA) is 72.3 Å². The Morgan fingerprint density at radius 1 is 1.24 bits per heavy atom. The van der Waals surface area contributed by atoms with Gasteiger partial charge in [-0.25, -0.2) is 10.2 Å². The van der Waals surface area contributed by atoms with Gasteiger partial charge in [-0.2, -0.15) is 0 Å². The fourth-order valence-electron chi connectivity index (χ4n) is 0.904. The first-order chi connectivity index (χ1) is 8.02. The predicted molar refractivity (Wildman–Crippen MR) is 69.8 cm³/mol. The number of hydrogen-bond donors (Lipinski definition) is 2. The molecule has 0 aliphatic heterocycles. The van der Waals surface area contributed by atoms with Crippen LogP contribution in [0.25, 0.3) is 0 Å². The van der Waals surface area contributed by atoms with E-state index in [-0.39, 0.29) is 11.3 Å². The molecule has 0 bridgehead atoms. The van der Waals surface area contributed by atoms with Gasteiger partial charge in [0.15, 0.2) is 0 Å². The van der Waals surface area contributed by atoms with Crippen molar-refractivity contribution < 1.29 is 9.18 Å². The molecule has 0 aromatic heterocycles. The summed E-state index contributed by atoms with van der Waals surface area (Å²) >= 11 is 0. The van der Waals surface area contributed by atoms with Crippen molar-refractivity contribution in [2.45, 2.75) is 27.7 Å². The average molecular weight is 243 g/mol. The average Bonchev–Trinajstić information content (AvgIpc) is 2.36. The highest BCUT2D eigenvalue weighted by Gasteiger charge is 2.12. The maximum atomic E-state index is 12.7. The van der Waals surface area contributed by atoms with Gasteiger partial charge >= 0.3 is 0 Å². The monoisotopic (exact) mass is 243 g/mol. The van der Waals surface area contributed by atoms with E-state index < -0.39 is 11.7 Å². The number of carbonyl (C=O) groups excluding carboxylic acids is 1. The summed E-state index contributed by atoms with van der Waals surface area (Å²) in [6.45, 7) is 8.00. The zero-order valence-corrected chi connectivity index (χ0v) is 11.1. The molecule has 1 aromatic carbocycles. The third kappa shape index (κ3) is 5.87. The molecule has 1 rings (SSSR count). The van der Waals surface area contributed by atoms with Crippen molar-refractivity contribution in [3.63, 3.8) is 0 Å². The van der Waals surface area contributed by atoms with E-state index >= 15 is 0 Å². The predicted octanol–water partition coefficient (Wildman–Crippen LogP) is 2.41. The number of nitrogen functional groups attached to an aromatic ring is 1. The number of hydrogen-bond acceptors (Lipinski definition) is 3. The zero-order chi connectivity index (χ0) is 14.0. The number of carbonyl (C=O) groups is 1. The van der Waals surface area contributed by atoms with Gasteiger partial charge in [-0.05, 0) is 18.2 Å². The molecule has 1 aromatic rings. The molecule has 5 heteroatoms. The van der Waals surface area contributed by atoms with Crippen LogP contribution in [0.15, 0.2) is 18.2 Å². The summed E-state index contributed by atoms with van der Waals surface area (Å²) in [5.41, 5.74) is 5.74. The standard InChI is InChI=1S/C8H10FN3O.2C2H6/c1-12(11)8(13)6-4-5(9)2-3-7(6)10;2*1-2/h2-4H,10-11H2,1H3;2*1-2H3. The van der Waals surface area contributed by atoms with Crippen LogP contribution in [0.4, 0.5) is 10.1 Å². The number of nitrogens with two attached hydrogens (primary N) is 2. The van der Waals surface area contributed by atoms with E-state index in [4.69, 9.17) is 11.6 Å². The van der Waals surface area contributed by atoms with E-state index in [0.717, 1.165) is 11.1 Å². The Kier molecular flexibility index (Phi) is 10.0. The summed E-state index contributed by atoms with van der Waals surface area (Å²) < 4.78 is 12.7. The van der Waals surface area contributed by atoms with Crippen LogP contribution in [-0.2, 0) is 0 Å². The Bertz CT molecular complexity index is 341. The van der Waals surface area contributed by atoms with Crippen molar-refractivity contribution >= 4 is 11.6 Å². The van der Waals surface area contributed by atoms with E-state index in [1.807, 2.05) is 27.7 Å². The molecule has 0 saturated heterocycles. The molecular weight excluding hydrogens is 221 g/mol. The highest BCUT2D eigenvalue weighted by molar-refractivity contribution is 5.98. The molecule has 0 atom stereocenters. The minimum absolute atomic E-state index is 0.0741. The molecule has 1 amide bonds. The van der Waals surface area contributed by atoms with Crippen molar-refractivity contribution in [1.29, 1.82) is 0 Å². The number of anilines is 1. The first-order valence-corrected chi connectivity index (χ1v) is 5.60. The molecule has 0 fully saturated rings. The van der Waals surface area contributed by atoms with Crippen LogP contribution < -0.4 is 11.6 Å². The summed E-state index contributed by atoms with van der Waals surface area (Å²) in [6, 6.07) is 3.57. The maximum Gasteiger partial charge on any atom is 0.269 e. The molecule has 0 aliphatic rings. The third-order valence-electron chi connectivity index (χ3n) is 1.57. The van der Waals surface area contributed by atoms with E-state index in [2.05, 4.69) is 0 Å². The molecule has 0 unspecified atom stereocenters. The van der Waals surface area contributed by atoms with E-state index in [1.54, 1.807) is 0 Å². The van der Waals surface area contributed by atoms with Crippen LogP contribution in [-0.4, -0.2) is 18.0 Å². The van der Waals surface area contributed by atoms with Gasteiger partial charge in [-0.1, -0.05) is 27.7 Å². The molecule has 0 aliphatic carbocycles. The number of halogens is 1. The largest absolute Gasteiger partial charge is 0.398 e. The van der Waals surface area contributed by atoms with Gasteiger partial charge in [0.25, 0.3) is 5.91 Å². The van der Waals surface area contributed by atoms with Crippen LogP contribution in [0.2, 0.25) is 0 Å². The van der Waals surface area contributed by atoms with Crippen LogP contribution in [0.5, 0.6) is 0 Å². The Hall–Kier alpha value is -1.62. The van der Waals surface area contributed by atoms with E-state index in [0.29, 0.717) is 0 Å². The van der Waals surface area contributed by atoms with Gasteiger partial charge in [-0.15, -0.1) is 0 Å². The fraction of sp³-hybridized carbons (Fsp3) is 0.417. The second-order valence-electron chi connectivity index (χ2n) is 2.65. The second kappa shape index (κ2) is 9.59. The smallest absolute Gasteiger partial charge is 0.269 e. The molecule has 0 saturated carbocycles. The summed E-state index contributed by atoms with van der Waals surface area (Å²) in [5.74, 6) is 4.16. The van der Waals surface area contributed by atoms with Crippen LogP contribution in [0, 0.1) is 5.82 Å². The first-order valence-electron chi connectivity index (χ1n) is 5.60. The lowest BCUT2D eigenvalue weighted by Crippen LogP contribution is -2.33. The lowest BCUT2D eigenvalue weighted by atomic mass is 10.1. The molecule has 0 radical (unpaired) electrons. The van der Waals surface area contributed by atoms with Crippen molar-refractivity contribution in [3.05, 3.63) is 29.6 Å². The Labute approximate surface area is 102 Å². The number of rotatable bonds is 1. The van der Waals surface area contributed by atoms with E-state index in [9.17, 15) is 9.18 Å². The molecule has 4 N–H and O–H groups in total. The second-order valence-corrected chi connectivity index (χ2v) is 2.65. The number of hydrazine groups is 1. The molecule has 0 heterocycles. The Balaban J connectivity index is 0.